The molecule has 0 aromatic carbocycles. The minimum Gasteiger partial charge on any atom is -0.393 e. The lowest BCUT2D eigenvalue weighted by Gasteiger charge is -2.28. The second-order valence-electron chi connectivity index (χ2n) is 6.62. The summed E-state index contributed by atoms with van der Waals surface area (Å²) in [6.07, 6.45) is 3.15. The van der Waals surface area contributed by atoms with Gasteiger partial charge in [0.15, 0.2) is 16.8 Å². The maximum Gasteiger partial charge on any atom is 0.159 e. The Labute approximate surface area is 148 Å². The van der Waals surface area contributed by atoms with E-state index in [9.17, 15) is 0 Å². The van der Waals surface area contributed by atoms with Gasteiger partial charge in [0, 0.05) is 19.3 Å². The first-order valence-electron chi connectivity index (χ1n) is 8.11. The monoisotopic (exact) mass is 348 g/mol. The molecule has 2 heterocycles. The Morgan fingerprint density at radius 3 is 2.38 bits per heavy atom. The largest absolute Gasteiger partial charge is 0.393 e. The van der Waals surface area contributed by atoms with Crippen molar-refractivity contribution in [1.29, 1.82) is 0 Å². The minimum absolute atomic E-state index is 0.373. The molecule has 0 fully saturated rings. The normalized spacial score (nSPS) is 11.1. The van der Waals surface area contributed by atoms with E-state index >= 15 is 0 Å². The predicted molar refractivity (Wildman–Crippen MR) is 101 cm³/mol. The Morgan fingerprint density at radius 2 is 1.79 bits per heavy atom. The zero-order valence-electron chi connectivity index (χ0n) is 14.6. The van der Waals surface area contributed by atoms with Crippen LogP contribution in [0, 0.1) is 11.8 Å². The first kappa shape index (κ1) is 18.3. The molecule has 0 bridgehead atoms. The third-order valence-corrected chi connectivity index (χ3v) is 3.65. The summed E-state index contributed by atoms with van der Waals surface area (Å²) < 4.78 is 0. The number of hydrogen-bond acceptors (Lipinski definition) is 6. The summed E-state index contributed by atoms with van der Waals surface area (Å²) in [4.78, 5) is 14.9. The number of rotatable bonds is 7. The third kappa shape index (κ3) is 4.71. The lowest BCUT2D eigenvalue weighted by Crippen LogP contribution is -2.32. The molecule has 0 atom stereocenters. The Kier molecular flexibility index (Phi) is 6.20. The van der Waals surface area contributed by atoms with E-state index in [4.69, 9.17) is 17.3 Å². The summed E-state index contributed by atoms with van der Waals surface area (Å²) in [5, 5.41) is 3.52. The quantitative estimate of drug-likeness (QED) is 0.737. The van der Waals surface area contributed by atoms with Crippen LogP contribution in [0.5, 0.6) is 0 Å². The van der Waals surface area contributed by atoms with Crippen LogP contribution in [-0.4, -0.2) is 28.0 Å². The van der Waals surface area contributed by atoms with Crippen molar-refractivity contribution in [2.24, 2.45) is 11.8 Å². The number of pyridine rings is 1. The van der Waals surface area contributed by atoms with Gasteiger partial charge in [0.05, 0.1) is 5.69 Å². The summed E-state index contributed by atoms with van der Waals surface area (Å²) in [6, 6.07) is 3.63. The van der Waals surface area contributed by atoms with Crippen LogP contribution in [0.2, 0.25) is 5.15 Å². The number of anilines is 4. The molecule has 0 unspecified atom stereocenters. The maximum absolute atomic E-state index is 6.34. The molecule has 0 saturated carbocycles. The van der Waals surface area contributed by atoms with Crippen LogP contribution in [0.1, 0.15) is 27.7 Å². The fraction of sp³-hybridized carbons (Fsp3) is 0.471. The molecular formula is C17H25ClN6. The first-order chi connectivity index (χ1) is 11.4. The van der Waals surface area contributed by atoms with Crippen LogP contribution in [0.3, 0.4) is 0 Å². The molecule has 0 spiro atoms. The molecular weight excluding hydrogens is 324 g/mol. The molecule has 130 valence electrons. The first-order valence-corrected chi connectivity index (χ1v) is 8.49. The molecule has 6 nitrogen and oxygen atoms in total. The standard InChI is InChI=1S/C17H25ClN6/c1-11(2)8-24(9-12(3)4)17-14(19)16(21-10-22-17)23-13-6-5-7-20-15(13)18/h5-7,10-12H,8-9,19H2,1-4H3,(H,21,22,23). The molecule has 2 rings (SSSR count). The van der Waals surface area contributed by atoms with E-state index < -0.39 is 0 Å². The summed E-state index contributed by atoms with van der Waals surface area (Å²) in [7, 11) is 0. The van der Waals surface area contributed by atoms with Crippen molar-refractivity contribution in [3.05, 3.63) is 29.8 Å². The molecule has 0 aliphatic carbocycles. The fourth-order valence-corrected chi connectivity index (χ4v) is 2.64. The van der Waals surface area contributed by atoms with Crippen LogP contribution < -0.4 is 16.0 Å². The van der Waals surface area contributed by atoms with E-state index in [1.807, 2.05) is 6.07 Å². The number of nitrogens with one attached hydrogen (secondary N) is 1. The van der Waals surface area contributed by atoms with Crippen molar-refractivity contribution in [2.45, 2.75) is 27.7 Å². The molecule has 0 radical (unpaired) electrons. The number of hydrogen-bond donors (Lipinski definition) is 2. The van der Waals surface area contributed by atoms with Gasteiger partial charge in [-0.3, -0.25) is 0 Å². The number of aromatic nitrogens is 3. The lowest BCUT2D eigenvalue weighted by atomic mass is 10.1. The molecule has 24 heavy (non-hydrogen) atoms. The second kappa shape index (κ2) is 8.15. The van der Waals surface area contributed by atoms with Gasteiger partial charge in [-0.2, -0.15) is 0 Å². The van der Waals surface area contributed by atoms with Crippen LogP contribution in [0.15, 0.2) is 24.7 Å². The van der Waals surface area contributed by atoms with Crippen molar-refractivity contribution in [2.75, 3.05) is 29.0 Å². The molecule has 0 amide bonds. The van der Waals surface area contributed by atoms with Crippen molar-refractivity contribution < 1.29 is 0 Å². The van der Waals surface area contributed by atoms with Crippen LogP contribution in [-0.2, 0) is 0 Å². The van der Waals surface area contributed by atoms with Gasteiger partial charge in [-0.05, 0) is 24.0 Å². The smallest absolute Gasteiger partial charge is 0.159 e. The number of nitrogen functional groups attached to an aromatic ring is 1. The summed E-state index contributed by atoms with van der Waals surface area (Å²) in [5.74, 6) is 2.28. The fourth-order valence-electron chi connectivity index (χ4n) is 2.47. The molecule has 2 aromatic heterocycles. The summed E-state index contributed by atoms with van der Waals surface area (Å²) in [6.45, 7) is 10.5. The SMILES string of the molecule is CC(C)CN(CC(C)C)c1ncnc(Nc2cccnc2Cl)c1N. The second-order valence-corrected chi connectivity index (χ2v) is 6.98. The number of nitrogens with two attached hydrogens (primary N) is 1. The van der Waals surface area contributed by atoms with Gasteiger partial charge in [-0.1, -0.05) is 39.3 Å². The Hall–Kier alpha value is -2.08. The average Bonchev–Trinajstić information content (AvgIpc) is 2.50. The molecule has 2 aromatic rings. The van der Waals surface area contributed by atoms with Gasteiger partial charge in [0.1, 0.15) is 12.0 Å². The number of nitrogens with zero attached hydrogens (tertiary/aromatic N) is 4. The van der Waals surface area contributed by atoms with Gasteiger partial charge in [-0.15, -0.1) is 0 Å². The highest BCUT2D eigenvalue weighted by Gasteiger charge is 2.18. The van der Waals surface area contributed by atoms with E-state index in [0.29, 0.717) is 34.2 Å². The van der Waals surface area contributed by atoms with E-state index in [2.05, 4.69) is 52.9 Å². The maximum atomic E-state index is 6.34. The van der Waals surface area contributed by atoms with E-state index in [1.54, 1.807) is 12.3 Å². The molecule has 7 heteroatoms. The van der Waals surface area contributed by atoms with E-state index in [0.717, 1.165) is 18.9 Å². The van der Waals surface area contributed by atoms with Crippen molar-refractivity contribution in [3.63, 3.8) is 0 Å². The van der Waals surface area contributed by atoms with Gasteiger partial charge < -0.3 is 16.0 Å². The van der Waals surface area contributed by atoms with Gasteiger partial charge in [0.25, 0.3) is 0 Å². The Bertz CT molecular complexity index is 664. The molecule has 3 N–H and O–H groups in total. The highest BCUT2D eigenvalue weighted by molar-refractivity contribution is 6.32. The van der Waals surface area contributed by atoms with Crippen molar-refractivity contribution in [3.8, 4) is 0 Å². The average molecular weight is 349 g/mol. The van der Waals surface area contributed by atoms with E-state index in [1.165, 1.54) is 6.33 Å². The van der Waals surface area contributed by atoms with Crippen molar-refractivity contribution in [1.82, 2.24) is 15.0 Å². The highest BCUT2D eigenvalue weighted by atomic mass is 35.5. The molecule has 0 saturated heterocycles. The Balaban J connectivity index is 2.33. The summed E-state index contributed by atoms with van der Waals surface area (Å²) in [5.41, 5.74) is 7.52. The van der Waals surface area contributed by atoms with E-state index in [-0.39, 0.29) is 0 Å². The van der Waals surface area contributed by atoms with Crippen molar-refractivity contribution >= 4 is 34.6 Å². The summed E-state index contributed by atoms with van der Waals surface area (Å²) >= 11 is 6.10. The van der Waals surface area contributed by atoms with Crippen LogP contribution in [0.25, 0.3) is 0 Å². The number of halogens is 1. The molecule has 0 aliphatic rings. The van der Waals surface area contributed by atoms with Gasteiger partial charge in [0.2, 0.25) is 0 Å². The van der Waals surface area contributed by atoms with Crippen LogP contribution in [0.4, 0.5) is 23.0 Å². The topological polar surface area (TPSA) is 80.0 Å². The lowest BCUT2D eigenvalue weighted by molar-refractivity contribution is 0.549. The Morgan fingerprint density at radius 1 is 1.12 bits per heavy atom. The highest BCUT2D eigenvalue weighted by Crippen LogP contribution is 2.31. The zero-order chi connectivity index (χ0) is 17.7. The van der Waals surface area contributed by atoms with Gasteiger partial charge >= 0.3 is 0 Å². The van der Waals surface area contributed by atoms with Gasteiger partial charge in [-0.25, -0.2) is 15.0 Å². The predicted octanol–water partition coefficient (Wildman–Crippen LogP) is 3.97. The third-order valence-electron chi connectivity index (χ3n) is 3.35. The molecule has 0 aliphatic heterocycles. The zero-order valence-corrected chi connectivity index (χ0v) is 15.4. The minimum atomic E-state index is 0.373. The van der Waals surface area contributed by atoms with Crippen LogP contribution >= 0.6 is 11.6 Å².